The van der Waals surface area contributed by atoms with Crippen LogP contribution in [0.25, 0.3) is 0 Å². The fraction of sp³-hybridized carbons (Fsp3) is 0.688. The van der Waals surface area contributed by atoms with Crippen molar-refractivity contribution in [3.8, 4) is 0 Å². The van der Waals surface area contributed by atoms with E-state index in [4.69, 9.17) is 4.74 Å². The van der Waals surface area contributed by atoms with Crippen LogP contribution in [0.1, 0.15) is 26.2 Å². The summed E-state index contributed by atoms with van der Waals surface area (Å²) < 4.78 is 5.34. The highest BCUT2D eigenvalue weighted by atomic mass is 16.6. The first kappa shape index (κ1) is 10.5. The van der Waals surface area contributed by atoms with Crippen LogP contribution in [0.15, 0.2) is 23.8 Å². The molecule has 6 rings (SSSR count). The summed E-state index contributed by atoms with van der Waals surface area (Å²) >= 11 is 0. The minimum atomic E-state index is -0.0721. The number of carbonyl (C=O) groups excluding carboxylic acids is 1. The van der Waals surface area contributed by atoms with E-state index in [2.05, 4.69) is 23.1 Å². The molecule has 6 atom stereocenters. The Bertz CT molecular complexity index is 537. The van der Waals surface area contributed by atoms with Gasteiger partial charge in [0.25, 0.3) is 0 Å². The molecule has 0 N–H and O–H groups in total. The monoisotopic (exact) mass is 257 g/mol. The lowest BCUT2D eigenvalue weighted by atomic mass is 9.74. The molecule has 1 saturated heterocycles. The minimum Gasteiger partial charge on any atom is -0.450 e. The average molecular weight is 257 g/mol. The second kappa shape index (κ2) is 3.08. The highest BCUT2D eigenvalue weighted by Crippen LogP contribution is 2.75. The van der Waals surface area contributed by atoms with E-state index in [1.54, 1.807) is 5.57 Å². The summed E-state index contributed by atoms with van der Waals surface area (Å²) in [7, 11) is 0. The van der Waals surface area contributed by atoms with Crippen LogP contribution in [0.3, 0.4) is 0 Å². The van der Waals surface area contributed by atoms with E-state index in [0.29, 0.717) is 41.9 Å². The largest absolute Gasteiger partial charge is 0.450 e. The van der Waals surface area contributed by atoms with E-state index in [9.17, 15) is 4.79 Å². The molecule has 6 aliphatic rings. The standard InChI is InChI=1S/C16H19NO2/c1-2-19-15(18)17-13-11-6-5-9-8-10-4-3-7-16(10,12(11)13)14(9)17/h5-6,8-9,11-14H,2-4,7H2,1H3. The third kappa shape index (κ3) is 0.956. The molecule has 3 fully saturated rings. The summed E-state index contributed by atoms with van der Waals surface area (Å²) in [6.07, 6.45) is 11.0. The van der Waals surface area contributed by atoms with E-state index >= 15 is 0 Å². The molecule has 0 radical (unpaired) electrons. The van der Waals surface area contributed by atoms with Gasteiger partial charge < -0.3 is 4.74 Å². The van der Waals surface area contributed by atoms with Gasteiger partial charge in [0, 0.05) is 23.3 Å². The highest BCUT2D eigenvalue weighted by Gasteiger charge is 2.78. The van der Waals surface area contributed by atoms with Gasteiger partial charge in [-0.15, -0.1) is 0 Å². The van der Waals surface area contributed by atoms with Crippen LogP contribution in [-0.4, -0.2) is 29.7 Å². The first-order valence-corrected chi connectivity index (χ1v) is 7.63. The van der Waals surface area contributed by atoms with Crippen LogP contribution in [0.4, 0.5) is 4.79 Å². The van der Waals surface area contributed by atoms with Crippen molar-refractivity contribution in [2.45, 2.75) is 38.3 Å². The number of rotatable bonds is 1. The van der Waals surface area contributed by atoms with Crippen LogP contribution < -0.4 is 0 Å². The summed E-state index contributed by atoms with van der Waals surface area (Å²) in [5.74, 6) is 1.74. The number of piperidine rings is 1. The maximum Gasteiger partial charge on any atom is 0.410 e. The van der Waals surface area contributed by atoms with Crippen LogP contribution in [0.5, 0.6) is 0 Å². The molecule has 19 heavy (non-hydrogen) atoms. The number of nitrogens with zero attached hydrogens (tertiary/aromatic N) is 1. The Hall–Kier alpha value is -1.25. The summed E-state index contributed by atoms with van der Waals surface area (Å²) in [5.41, 5.74) is 1.99. The van der Waals surface area contributed by atoms with Crippen LogP contribution in [-0.2, 0) is 4.74 Å². The lowest BCUT2D eigenvalue weighted by Gasteiger charge is -2.37. The molecule has 6 bridgehead atoms. The van der Waals surface area contributed by atoms with E-state index in [1.165, 1.54) is 19.3 Å². The zero-order valence-corrected chi connectivity index (χ0v) is 11.2. The van der Waals surface area contributed by atoms with Crippen molar-refractivity contribution in [3.05, 3.63) is 23.8 Å². The zero-order chi connectivity index (χ0) is 12.8. The van der Waals surface area contributed by atoms with Crippen molar-refractivity contribution in [2.75, 3.05) is 6.61 Å². The predicted octanol–water partition coefficient (Wildman–Crippen LogP) is 2.74. The van der Waals surface area contributed by atoms with E-state index in [0.717, 1.165) is 0 Å². The summed E-state index contributed by atoms with van der Waals surface area (Å²) in [5, 5.41) is 0. The smallest absolute Gasteiger partial charge is 0.410 e. The van der Waals surface area contributed by atoms with Crippen molar-refractivity contribution in [1.82, 2.24) is 4.90 Å². The van der Waals surface area contributed by atoms with Crippen molar-refractivity contribution in [1.29, 1.82) is 0 Å². The van der Waals surface area contributed by atoms with Crippen molar-refractivity contribution >= 4 is 6.09 Å². The molecule has 1 amide bonds. The van der Waals surface area contributed by atoms with Crippen LogP contribution in [0, 0.1) is 23.2 Å². The van der Waals surface area contributed by atoms with E-state index < -0.39 is 0 Å². The van der Waals surface area contributed by atoms with Gasteiger partial charge in [-0.3, -0.25) is 4.90 Å². The van der Waals surface area contributed by atoms with Gasteiger partial charge in [-0.1, -0.05) is 23.8 Å². The van der Waals surface area contributed by atoms with Crippen molar-refractivity contribution in [2.24, 2.45) is 23.2 Å². The van der Waals surface area contributed by atoms with Gasteiger partial charge in [0.1, 0.15) is 0 Å². The molecule has 0 aromatic carbocycles. The summed E-state index contributed by atoms with van der Waals surface area (Å²) in [4.78, 5) is 14.5. The minimum absolute atomic E-state index is 0.0721. The molecule has 2 saturated carbocycles. The lowest BCUT2D eigenvalue weighted by Crippen LogP contribution is -2.47. The Balaban J connectivity index is 1.64. The Kier molecular flexibility index (Phi) is 1.70. The molecule has 1 spiro atoms. The zero-order valence-electron chi connectivity index (χ0n) is 11.2. The fourth-order valence-electron chi connectivity index (χ4n) is 5.81. The molecular weight excluding hydrogens is 238 g/mol. The SMILES string of the molecule is CCOC(=O)N1C2C3C=CC4C=C5CCCC5(C32)C41. The second-order valence-corrected chi connectivity index (χ2v) is 6.69. The van der Waals surface area contributed by atoms with Gasteiger partial charge in [-0.2, -0.15) is 0 Å². The molecule has 2 heterocycles. The number of hydrogen-bond acceptors (Lipinski definition) is 2. The first-order valence-electron chi connectivity index (χ1n) is 7.63. The molecule has 0 aromatic rings. The number of ether oxygens (including phenoxy) is 1. The Morgan fingerprint density at radius 2 is 2.42 bits per heavy atom. The molecule has 6 unspecified atom stereocenters. The van der Waals surface area contributed by atoms with Crippen molar-refractivity contribution < 1.29 is 9.53 Å². The van der Waals surface area contributed by atoms with Crippen LogP contribution >= 0.6 is 0 Å². The number of hydrogen-bond donors (Lipinski definition) is 0. The van der Waals surface area contributed by atoms with Crippen molar-refractivity contribution in [3.63, 3.8) is 0 Å². The predicted molar refractivity (Wildman–Crippen MR) is 70.4 cm³/mol. The van der Waals surface area contributed by atoms with Gasteiger partial charge in [-0.05, 0) is 32.1 Å². The van der Waals surface area contributed by atoms with Gasteiger partial charge in [-0.25, -0.2) is 4.79 Å². The number of carbonyl (C=O) groups is 1. The Labute approximate surface area is 113 Å². The van der Waals surface area contributed by atoms with Gasteiger partial charge in [0.2, 0.25) is 0 Å². The molecule has 2 aliphatic heterocycles. The van der Waals surface area contributed by atoms with Gasteiger partial charge in [0.05, 0.1) is 12.6 Å². The third-order valence-electron chi connectivity index (χ3n) is 6.21. The van der Waals surface area contributed by atoms with Gasteiger partial charge >= 0.3 is 6.09 Å². The van der Waals surface area contributed by atoms with E-state index in [-0.39, 0.29) is 6.09 Å². The maximum absolute atomic E-state index is 12.4. The lowest BCUT2D eigenvalue weighted by molar-refractivity contribution is 0.0721. The topological polar surface area (TPSA) is 29.5 Å². The molecule has 100 valence electrons. The number of amides is 1. The fourth-order valence-corrected chi connectivity index (χ4v) is 5.81. The first-order chi connectivity index (χ1) is 9.29. The molecule has 3 heteroatoms. The molecule has 4 aliphatic carbocycles. The van der Waals surface area contributed by atoms with Crippen LogP contribution in [0.2, 0.25) is 0 Å². The Morgan fingerprint density at radius 3 is 3.26 bits per heavy atom. The quantitative estimate of drug-likeness (QED) is 0.676. The second-order valence-electron chi connectivity index (χ2n) is 6.69. The molecule has 0 aromatic heterocycles. The molecular formula is C16H19NO2. The summed E-state index contributed by atoms with van der Waals surface area (Å²) in [6, 6.07) is 0.807. The maximum atomic E-state index is 12.4. The Morgan fingerprint density at radius 1 is 1.53 bits per heavy atom. The highest BCUT2D eigenvalue weighted by molar-refractivity contribution is 5.72. The normalized spacial score (nSPS) is 50.9. The van der Waals surface area contributed by atoms with Gasteiger partial charge in [0.15, 0.2) is 0 Å². The average Bonchev–Trinajstić information content (AvgIpc) is 2.74. The third-order valence-corrected chi connectivity index (χ3v) is 6.21. The molecule has 3 nitrogen and oxygen atoms in total. The summed E-state index contributed by atoms with van der Waals surface area (Å²) in [6.45, 7) is 2.38. The van der Waals surface area contributed by atoms with E-state index in [1.807, 2.05) is 6.92 Å².